The molecule has 0 saturated carbocycles. The lowest BCUT2D eigenvalue weighted by molar-refractivity contribution is -0.122. The summed E-state index contributed by atoms with van der Waals surface area (Å²) in [5.41, 5.74) is 0. The fraction of sp³-hybridized carbons (Fsp3) is 0.947. The number of nitrogens with one attached hydrogen (secondary N) is 1. The van der Waals surface area contributed by atoms with E-state index in [9.17, 15) is 4.79 Å². The van der Waals surface area contributed by atoms with Crippen molar-refractivity contribution in [2.75, 3.05) is 26.2 Å². The molecule has 0 saturated heterocycles. The van der Waals surface area contributed by atoms with E-state index >= 15 is 0 Å². The molecule has 0 aliphatic rings. The molecule has 1 amide bonds. The number of amides is 1. The van der Waals surface area contributed by atoms with Crippen molar-refractivity contribution in [1.29, 1.82) is 0 Å². The third kappa shape index (κ3) is 14.4. The van der Waals surface area contributed by atoms with Crippen molar-refractivity contribution >= 4 is 5.91 Å². The molecule has 0 fully saturated rings. The van der Waals surface area contributed by atoms with Gasteiger partial charge in [0.1, 0.15) is 0 Å². The fourth-order valence-corrected chi connectivity index (χ4v) is 2.72. The third-order valence-corrected chi connectivity index (χ3v) is 4.36. The summed E-state index contributed by atoms with van der Waals surface area (Å²) in [6.45, 7) is 9.75. The van der Waals surface area contributed by atoms with E-state index in [2.05, 4.69) is 31.0 Å². The van der Waals surface area contributed by atoms with E-state index in [1.54, 1.807) is 0 Å². The van der Waals surface area contributed by atoms with Gasteiger partial charge in [-0.05, 0) is 19.5 Å². The van der Waals surface area contributed by atoms with Crippen LogP contribution in [0.4, 0.5) is 0 Å². The van der Waals surface area contributed by atoms with E-state index in [1.165, 1.54) is 64.2 Å². The summed E-state index contributed by atoms with van der Waals surface area (Å²) in [5.74, 6) is 0.177. The van der Waals surface area contributed by atoms with E-state index in [4.69, 9.17) is 0 Å². The lowest BCUT2D eigenvalue weighted by Crippen LogP contribution is -2.37. The highest BCUT2D eigenvalue weighted by atomic mass is 16.2. The molecule has 132 valence electrons. The maximum Gasteiger partial charge on any atom is 0.234 e. The average molecular weight is 313 g/mol. The number of hydrogen-bond acceptors (Lipinski definition) is 2. The van der Waals surface area contributed by atoms with Gasteiger partial charge in [-0.3, -0.25) is 9.69 Å². The first-order chi connectivity index (χ1) is 10.7. The number of carbonyl (C=O) groups excluding carboxylic acids is 1. The van der Waals surface area contributed by atoms with Crippen LogP contribution in [0.5, 0.6) is 0 Å². The summed E-state index contributed by atoms with van der Waals surface area (Å²) >= 11 is 0. The molecule has 0 atom stereocenters. The molecule has 0 aromatic rings. The van der Waals surface area contributed by atoms with Crippen molar-refractivity contribution in [2.24, 2.45) is 0 Å². The minimum absolute atomic E-state index is 0.177. The van der Waals surface area contributed by atoms with Crippen molar-refractivity contribution < 1.29 is 4.79 Å². The SMILES string of the molecule is CCCCCCCCCCCCCNC(=O)CN(CC)CC. The van der Waals surface area contributed by atoms with Crippen molar-refractivity contribution in [1.82, 2.24) is 10.2 Å². The van der Waals surface area contributed by atoms with E-state index in [0.29, 0.717) is 6.54 Å². The maximum atomic E-state index is 11.7. The Balaban J connectivity index is 3.21. The predicted molar refractivity (Wildman–Crippen MR) is 97.3 cm³/mol. The van der Waals surface area contributed by atoms with Gasteiger partial charge in [0.2, 0.25) is 5.91 Å². The highest BCUT2D eigenvalue weighted by molar-refractivity contribution is 5.77. The van der Waals surface area contributed by atoms with Crippen LogP contribution in [-0.2, 0) is 4.79 Å². The van der Waals surface area contributed by atoms with Crippen LogP contribution in [0.2, 0.25) is 0 Å². The van der Waals surface area contributed by atoms with Crippen LogP contribution in [0.25, 0.3) is 0 Å². The summed E-state index contributed by atoms with van der Waals surface area (Å²) in [4.78, 5) is 13.8. The minimum Gasteiger partial charge on any atom is -0.355 e. The van der Waals surface area contributed by atoms with Crippen molar-refractivity contribution in [3.63, 3.8) is 0 Å². The van der Waals surface area contributed by atoms with Gasteiger partial charge >= 0.3 is 0 Å². The zero-order valence-electron chi connectivity index (χ0n) is 15.5. The largest absolute Gasteiger partial charge is 0.355 e. The van der Waals surface area contributed by atoms with E-state index in [0.717, 1.165) is 26.1 Å². The van der Waals surface area contributed by atoms with Crippen LogP contribution >= 0.6 is 0 Å². The maximum absolute atomic E-state index is 11.7. The average Bonchev–Trinajstić information content (AvgIpc) is 2.53. The van der Waals surface area contributed by atoms with E-state index in [1.807, 2.05) is 0 Å². The molecular formula is C19H40N2O. The van der Waals surface area contributed by atoms with Gasteiger partial charge < -0.3 is 5.32 Å². The van der Waals surface area contributed by atoms with Gasteiger partial charge in [-0.1, -0.05) is 85.0 Å². The van der Waals surface area contributed by atoms with E-state index < -0.39 is 0 Å². The zero-order valence-corrected chi connectivity index (χ0v) is 15.5. The van der Waals surface area contributed by atoms with Crippen LogP contribution in [0.3, 0.4) is 0 Å². The topological polar surface area (TPSA) is 32.3 Å². The number of rotatable bonds is 16. The first kappa shape index (κ1) is 21.4. The fourth-order valence-electron chi connectivity index (χ4n) is 2.72. The lowest BCUT2D eigenvalue weighted by atomic mass is 10.1. The van der Waals surface area contributed by atoms with Gasteiger partial charge in [0.25, 0.3) is 0 Å². The Morgan fingerprint density at radius 2 is 1.18 bits per heavy atom. The Morgan fingerprint density at radius 3 is 1.64 bits per heavy atom. The highest BCUT2D eigenvalue weighted by Crippen LogP contribution is 2.10. The van der Waals surface area contributed by atoms with Gasteiger partial charge in [-0.2, -0.15) is 0 Å². The van der Waals surface area contributed by atoms with Gasteiger partial charge in [0, 0.05) is 6.54 Å². The van der Waals surface area contributed by atoms with Gasteiger partial charge in [-0.15, -0.1) is 0 Å². The van der Waals surface area contributed by atoms with Gasteiger partial charge in [0.15, 0.2) is 0 Å². The molecule has 0 aliphatic heterocycles. The predicted octanol–water partition coefficient (Wildman–Crippen LogP) is 4.76. The zero-order chi connectivity index (χ0) is 16.5. The monoisotopic (exact) mass is 312 g/mol. The van der Waals surface area contributed by atoms with Crippen LogP contribution in [0.1, 0.15) is 91.4 Å². The first-order valence-corrected chi connectivity index (χ1v) is 9.73. The van der Waals surface area contributed by atoms with Crippen LogP contribution in [0.15, 0.2) is 0 Å². The van der Waals surface area contributed by atoms with Gasteiger partial charge in [0.05, 0.1) is 6.54 Å². The Labute approximate surface area is 139 Å². The molecule has 0 aliphatic carbocycles. The molecule has 1 N–H and O–H groups in total. The van der Waals surface area contributed by atoms with Crippen LogP contribution < -0.4 is 5.32 Å². The van der Waals surface area contributed by atoms with Crippen LogP contribution in [0, 0.1) is 0 Å². The molecule has 0 radical (unpaired) electrons. The molecule has 0 bridgehead atoms. The highest BCUT2D eigenvalue weighted by Gasteiger charge is 2.05. The number of hydrogen-bond donors (Lipinski definition) is 1. The molecule has 0 aromatic carbocycles. The van der Waals surface area contributed by atoms with Gasteiger partial charge in [-0.25, -0.2) is 0 Å². The quantitative estimate of drug-likeness (QED) is 0.417. The lowest BCUT2D eigenvalue weighted by Gasteiger charge is -2.17. The minimum atomic E-state index is 0.177. The summed E-state index contributed by atoms with van der Waals surface area (Å²) < 4.78 is 0. The summed E-state index contributed by atoms with van der Waals surface area (Å²) in [6.07, 6.45) is 14.9. The summed E-state index contributed by atoms with van der Waals surface area (Å²) in [6, 6.07) is 0. The number of carbonyl (C=O) groups is 1. The number of nitrogens with zero attached hydrogens (tertiary/aromatic N) is 1. The molecule has 0 rings (SSSR count). The Kier molecular flexibility index (Phi) is 16.4. The second-order valence-corrected chi connectivity index (χ2v) is 6.35. The second-order valence-electron chi connectivity index (χ2n) is 6.35. The number of unbranched alkanes of at least 4 members (excludes halogenated alkanes) is 10. The second kappa shape index (κ2) is 16.8. The third-order valence-electron chi connectivity index (χ3n) is 4.36. The van der Waals surface area contributed by atoms with Crippen molar-refractivity contribution in [3.05, 3.63) is 0 Å². The normalized spacial score (nSPS) is 11.1. The molecular weight excluding hydrogens is 272 g/mol. The van der Waals surface area contributed by atoms with Crippen molar-refractivity contribution in [2.45, 2.75) is 91.4 Å². The molecule has 0 heterocycles. The number of likely N-dealkylation sites (N-methyl/N-ethyl adjacent to an activating group) is 1. The molecule has 3 nitrogen and oxygen atoms in total. The molecule has 0 aromatic heterocycles. The Morgan fingerprint density at radius 1 is 0.727 bits per heavy atom. The van der Waals surface area contributed by atoms with Crippen LogP contribution in [-0.4, -0.2) is 37.0 Å². The Hall–Kier alpha value is -0.570. The summed E-state index contributed by atoms with van der Waals surface area (Å²) in [5, 5.41) is 3.03. The molecule has 0 unspecified atom stereocenters. The first-order valence-electron chi connectivity index (χ1n) is 9.73. The molecule has 3 heteroatoms. The molecule has 0 spiro atoms. The Bertz CT molecular complexity index is 240. The molecule has 22 heavy (non-hydrogen) atoms. The van der Waals surface area contributed by atoms with Crippen molar-refractivity contribution in [3.8, 4) is 0 Å². The van der Waals surface area contributed by atoms with E-state index in [-0.39, 0.29) is 5.91 Å². The smallest absolute Gasteiger partial charge is 0.234 e. The summed E-state index contributed by atoms with van der Waals surface area (Å²) in [7, 11) is 0. The standard InChI is InChI=1S/C19H40N2O/c1-4-7-8-9-10-11-12-13-14-15-16-17-20-19(22)18-21(5-2)6-3/h4-18H2,1-3H3,(H,20,22).